The molecule has 1 N–H and O–H groups in total. The highest BCUT2D eigenvalue weighted by molar-refractivity contribution is 5.89. The Morgan fingerprint density at radius 1 is 1.32 bits per heavy atom. The minimum Gasteiger partial charge on any atom is -0.478 e. The Morgan fingerprint density at radius 2 is 2.00 bits per heavy atom. The lowest BCUT2D eigenvalue weighted by Gasteiger charge is -1.99. The molecular weight excluding hydrogens is 272 g/mol. The first kappa shape index (κ1) is 13.0. The molecule has 100 valence electrons. The molecule has 0 saturated heterocycles. The topological polar surface area (TPSA) is 76.2 Å². The van der Waals surface area contributed by atoms with Crippen LogP contribution in [0.1, 0.15) is 16.2 Å². The second-order valence-corrected chi connectivity index (χ2v) is 3.42. The number of carboxylic acids is 1. The number of hydrogen-bond acceptors (Lipinski definition) is 4. The van der Waals surface area contributed by atoms with Crippen LogP contribution >= 0.6 is 0 Å². The molecule has 0 bridgehead atoms. The van der Waals surface area contributed by atoms with Gasteiger partial charge in [0, 0.05) is 5.56 Å². The second-order valence-electron chi connectivity index (χ2n) is 3.42. The van der Waals surface area contributed by atoms with Crippen LogP contribution < -0.4 is 0 Å². The van der Waals surface area contributed by atoms with Gasteiger partial charge in [-0.25, -0.2) is 9.18 Å². The molecule has 0 fully saturated rings. The molecule has 9 heteroatoms. The zero-order valence-corrected chi connectivity index (χ0v) is 8.90. The minimum atomic E-state index is -4.80. The van der Waals surface area contributed by atoms with E-state index in [4.69, 9.17) is 5.11 Å². The first-order valence-electron chi connectivity index (χ1n) is 4.73. The number of hydrogen-bond donors (Lipinski definition) is 1. The number of rotatable bonds is 2. The van der Waals surface area contributed by atoms with Gasteiger partial charge >= 0.3 is 18.0 Å². The van der Waals surface area contributed by atoms with Gasteiger partial charge in [0.1, 0.15) is 5.82 Å². The molecule has 0 spiro atoms. The van der Waals surface area contributed by atoms with Crippen molar-refractivity contribution in [2.75, 3.05) is 0 Å². The molecule has 5 nitrogen and oxygen atoms in total. The van der Waals surface area contributed by atoms with Gasteiger partial charge in [0.2, 0.25) is 5.82 Å². The lowest BCUT2D eigenvalue weighted by molar-refractivity contribution is -0.159. The average molecular weight is 276 g/mol. The molecule has 0 atom stereocenters. The summed E-state index contributed by atoms with van der Waals surface area (Å²) in [6.45, 7) is 0. The summed E-state index contributed by atoms with van der Waals surface area (Å²) < 4.78 is 53.8. The van der Waals surface area contributed by atoms with Crippen molar-refractivity contribution < 1.29 is 32.0 Å². The van der Waals surface area contributed by atoms with Gasteiger partial charge in [0.25, 0.3) is 0 Å². The lowest BCUT2D eigenvalue weighted by Crippen LogP contribution is -2.05. The molecule has 1 aromatic heterocycles. The van der Waals surface area contributed by atoms with Crippen LogP contribution in [0.2, 0.25) is 0 Å². The van der Waals surface area contributed by atoms with Crippen molar-refractivity contribution in [3.05, 3.63) is 35.5 Å². The van der Waals surface area contributed by atoms with Crippen molar-refractivity contribution in [1.29, 1.82) is 0 Å². The summed E-state index contributed by atoms with van der Waals surface area (Å²) in [4.78, 5) is 13.7. The zero-order valence-electron chi connectivity index (χ0n) is 8.90. The number of carboxylic acid groups (broad SMARTS) is 1. The maximum absolute atomic E-state index is 13.1. The molecule has 19 heavy (non-hydrogen) atoms. The third-order valence-corrected chi connectivity index (χ3v) is 2.12. The molecule has 0 aliphatic heterocycles. The maximum Gasteiger partial charge on any atom is 0.471 e. The zero-order chi connectivity index (χ0) is 14.2. The summed E-state index contributed by atoms with van der Waals surface area (Å²) in [5.74, 6) is -4.62. The summed E-state index contributed by atoms with van der Waals surface area (Å²) in [6.07, 6.45) is -4.80. The molecule has 0 radical (unpaired) electrons. The summed E-state index contributed by atoms with van der Waals surface area (Å²) in [5.41, 5.74) is -0.797. The monoisotopic (exact) mass is 276 g/mol. The Kier molecular flexibility index (Phi) is 2.97. The van der Waals surface area contributed by atoms with Gasteiger partial charge < -0.3 is 9.63 Å². The van der Waals surface area contributed by atoms with Gasteiger partial charge in [-0.15, -0.1) is 0 Å². The predicted molar refractivity (Wildman–Crippen MR) is 51.7 cm³/mol. The number of halogens is 4. The highest BCUT2D eigenvalue weighted by Gasteiger charge is 2.38. The molecule has 0 saturated carbocycles. The van der Waals surface area contributed by atoms with Crippen LogP contribution in [0.5, 0.6) is 0 Å². The Morgan fingerprint density at radius 3 is 2.53 bits per heavy atom. The van der Waals surface area contributed by atoms with Gasteiger partial charge in [-0.2, -0.15) is 18.2 Å². The molecule has 0 amide bonds. The molecule has 2 rings (SSSR count). The summed E-state index contributed by atoms with van der Waals surface area (Å²) in [5, 5.41) is 11.7. The van der Waals surface area contributed by atoms with E-state index in [0.29, 0.717) is 0 Å². The van der Waals surface area contributed by atoms with Crippen LogP contribution in [0.4, 0.5) is 17.6 Å². The third kappa shape index (κ3) is 2.54. The number of alkyl halides is 3. The van der Waals surface area contributed by atoms with Gasteiger partial charge in [-0.05, 0) is 18.2 Å². The van der Waals surface area contributed by atoms with E-state index in [0.717, 1.165) is 18.2 Å². The molecule has 0 unspecified atom stereocenters. The van der Waals surface area contributed by atoms with Gasteiger partial charge in [-0.1, -0.05) is 5.16 Å². The van der Waals surface area contributed by atoms with Crippen LogP contribution in [-0.4, -0.2) is 21.2 Å². The van der Waals surface area contributed by atoms with Crippen LogP contribution in [0.3, 0.4) is 0 Å². The quantitative estimate of drug-likeness (QED) is 0.853. The Bertz CT molecular complexity index is 636. The van der Waals surface area contributed by atoms with Crippen LogP contribution in [0.25, 0.3) is 11.4 Å². The van der Waals surface area contributed by atoms with E-state index in [9.17, 15) is 22.4 Å². The van der Waals surface area contributed by atoms with Crippen molar-refractivity contribution in [1.82, 2.24) is 10.1 Å². The number of benzene rings is 1. The van der Waals surface area contributed by atoms with Crippen molar-refractivity contribution in [2.45, 2.75) is 6.18 Å². The Labute approximate surface area is 102 Å². The van der Waals surface area contributed by atoms with E-state index < -0.39 is 35.2 Å². The van der Waals surface area contributed by atoms with Crippen LogP contribution in [0.15, 0.2) is 22.7 Å². The number of carbonyl (C=O) groups is 1. The van der Waals surface area contributed by atoms with E-state index in [1.807, 2.05) is 0 Å². The van der Waals surface area contributed by atoms with Crippen LogP contribution in [-0.2, 0) is 6.18 Å². The lowest BCUT2D eigenvalue weighted by atomic mass is 10.1. The number of nitrogens with zero attached hydrogens (tertiary/aromatic N) is 2. The Hall–Kier alpha value is -2.45. The first-order chi connectivity index (χ1) is 8.79. The van der Waals surface area contributed by atoms with Gasteiger partial charge in [-0.3, -0.25) is 0 Å². The van der Waals surface area contributed by atoms with E-state index >= 15 is 0 Å². The number of aromatic carboxylic acids is 1. The number of aromatic nitrogens is 2. The first-order valence-corrected chi connectivity index (χ1v) is 4.73. The van der Waals surface area contributed by atoms with Gasteiger partial charge in [0.15, 0.2) is 0 Å². The van der Waals surface area contributed by atoms with E-state index in [2.05, 4.69) is 14.7 Å². The fourth-order valence-corrected chi connectivity index (χ4v) is 1.28. The molecule has 0 aliphatic carbocycles. The highest BCUT2D eigenvalue weighted by atomic mass is 19.4. The van der Waals surface area contributed by atoms with Crippen LogP contribution in [0, 0.1) is 5.82 Å². The highest BCUT2D eigenvalue weighted by Crippen LogP contribution is 2.29. The van der Waals surface area contributed by atoms with Crippen molar-refractivity contribution in [3.63, 3.8) is 0 Å². The van der Waals surface area contributed by atoms with Gasteiger partial charge in [0.05, 0.1) is 5.56 Å². The van der Waals surface area contributed by atoms with Crippen molar-refractivity contribution in [3.8, 4) is 11.4 Å². The van der Waals surface area contributed by atoms with E-state index in [1.54, 1.807) is 0 Å². The van der Waals surface area contributed by atoms with Crippen molar-refractivity contribution >= 4 is 5.97 Å². The Balaban J connectivity index is 2.45. The normalized spacial score (nSPS) is 11.6. The maximum atomic E-state index is 13.1. The molecule has 0 aliphatic rings. The molecule has 1 heterocycles. The second kappa shape index (κ2) is 4.34. The third-order valence-electron chi connectivity index (χ3n) is 2.12. The average Bonchev–Trinajstić information content (AvgIpc) is 2.78. The largest absolute Gasteiger partial charge is 0.478 e. The minimum absolute atomic E-state index is 0.0990. The molecule has 1 aromatic carbocycles. The predicted octanol–water partition coefficient (Wildman–Crippen LogP) is 2.59. The summed E-state index contributed by atoms with van der Waals surface area (Å²) in [6, 6.07) is 2.66. The fourth-order valence-electron chi connectivity index (χ4n) is 1.28. The summed E-state index contributed by atoms with van der Waals surface area (Å²) >= 11 is 0. The van der Waals surface area contributed by atoms with E-state index in [-0.39, 0.29) is 5.56 Å². The standard InChI is InChI=1S/C10H4F4N2O3/c11-6-2-1-4(3-5(6)8(17)18)7-15-9(19-16-7)10(12,13)14/h1-3H,(H,17,18). The SMILES string of the molecule is O=C(O)c1cc(-c2noc(C(F)(F)F)n2)ccc1F. The van der Waals surface area contributed by atoms with Crippen molar-refractivity contribution in [2.24, 2.45) is 0 Å². The summed E-state index contributed by atoms with van der Waals surface area (Å²) in [7, 11) is 0. The fraction of sp³-hybridized carbons (Fsp3) is 0.100. The molecular formula is C10H4F4N2O3. The smallest absolute Gasteiger partial charge is 0.471 e. The molecule has 2 aromatic rings. The van der Waals surface area contributed by atoms with E-state index in [1.165, 1.54) is 0 Å².